The van der Waals surface area contributed by atoms with Gasteiger partial charge in [0.25, 0.3) is 0 Å². The maximum absolute atomic E-state index is 12.1. The number of nitrogens with one attached hydrogen (secondary N) is 1. The van der Waals surface area contributed by atoms with Crippen molar-refractivity contribution in [2.45, 2.75) is 25.3 Å². The molecule has 0 saturated heterocycles. The first-order valence-corrected chi connectivity index (χ1v) is 8.34. The van der Waals surface area contributed by atoms with Crippen molar-refractivity contribution < 1.29 is 13.2 Å². The number of aryl methyl sites for hydroxylation is 1. The second-order valence-electron chi connectivity index (χ2n) is 4.42. The summed E-state index contributed by atoms with van der Waals surface area (Å²) in [6.07, 6.45) is 0. The molecule has 20 heavy (non-hydrogen) atoms. The summed E-state index contributed by atoms with van der Waals surface area (Å²) in [4.78, 5) is 13.4. The van der Waals surface area contributed by atoms with Gasteiger partial charge < -0.3 is 0 Å². The summed E-state index contributed by atoms with van der Waals surface area (Å²) in [6, 6.07) is 9.78. The topological polar surface area (TPSA) is 63.2 Å². The molecule has 106 valence electrons. The van der Waals surface area contributed by atoms with E-state index in [9.17, 15) is 13.2 Å². The number of hydrogen-bond donors (Lipinski definition) is 1. The van der Waals surface area contributed by atoms with Crippen LogP contribution in [0.25, 0.3) is 0 Å². The molecule has 0 aliphatic heterocycles. The first-order chi connectivity index (χ1) is 9.38. The molecule has 0 saturated carbocycles. The number of ketones is 1. The van der Waals surface area contributed by atoms with Crippen LogP contribution in [0.4, 0.5) is 0 Å². The molecule has 1 heterocycles. The summed E-state index contributed by atoms with van der Waals surface area (Å²) in [7, 11) is -3.55. The number of sulfonamides is 1. The van der Waals surface area contributed by atoms with Gasteiger partial charge in [-0.15, -0.1) is 11.3 Å². The molecule has 2 aromatic rings. The van der Waals surface area contributed by atoms with Crippen LogP contribution in [0.5, 0.6) is 0 Å². The second kappa shape index (κ2) is 5.87. The zero-order chi connectivity index (χ0) is 14.8. The Bertz CT molecular complexity index is 715. The van der Waals surface area contributed by atoms with Gasteiger partial charge in [0.05, 0.1) is 4.90 Å². The quantitative estimate of drug-likeness (QED) is 0.864. The van der Waals surface area contributed by atoms with Gasteiger partial charge in [0.1, 0.15) is 0 Å². The highest BCUT2D eigenvalue weighted by molar-refractivity contribution is 7.89. The normalized spacial score (nSPS) is 11.5. The molecule has 4 nitrogen and oxygen atoms in total. The lowest BCUT2D eigenvalue weighted by molar-refractivity contribution is 0.101. The van der Waals surface area contributed by atoms with E-state index >= 15 is 0 Å². The predicted molar refractivity (Wildman–Crippen MR) is 79.5 cm³/mol. The van der Waals surface area contributed by atoms with E-state index in [2.05, 4.69) is 4.72 Å². The average Bonchev–Trinajstić information content (AvgIpc) is 2.82. The molecular formula is C14H15NO3S2. The highest BCUT2D eigenvalue weighted by Gasteiger charge is 2.14. The van der Waals surface area contributed by atoms with Gasteiger partial charge in [0, 0.05) is 21.9 Å². The Kier molecular flexibility index (Phi) is 4.37. The van der Waals surface area contributed by atoms with Gasteiger partial charge in [-0.3, -0.25) is 4.79 Å². The number of carbonyl (C=O) groups excluding carboxylic acids is 1. The molecule has 1 aromatic carbocycles. The maximum atomic E-state index is 12.1. The third kappa shape index (κ3) is 3.53. The minimum absolute atomic E-state index is 0.0871. The third-order valence-electron chi connectivity index (χ3n) is 2.80. The largest absolute Gasteiger partial charge is 0.295 e. The number of rotatable bonds is 5. The molecule has 0 atom stereocenters. The highest BCUT2D eigenvalue weighted by Crippen LogP contribution is 2.16. The molecule has 0 bridgehead atoms. The van der Waals surface area contributed by atoms with Gasteiger partial charge in [-0.05, 0) is 38.1 Å². The highest BCUT2D eigenvalue weighted by atomic mass is 32.2. The zero-order valence-corrected chi connectivity index (χ0v) is 12.8. The smallest absolute Gasteiger partial charge is 0.240 e. The fraction of sp³-hybridized carbons (Fsp3) is 0.214. The molecule has 0 amide bonds. The summed E-state index contributed by atoms with van der Waals surface area (Å²) in [5, 5.41) is 0. The van der Waals surface area contributed by atoms with E-state index in [1.807, 2.05) is 19.1 Å². The van der Waals surface area contributed by atoms with Crippen LogP contribution >= 0.6 is 11.3 Å². The zero-order valence-electron chi connectivity index (χ0n) is 11.2. The third-order valence-corrected chi connectivity index (χ3v) is 5.22. The average molecular weight is 309 g/mol. The van der Waals surface area contributed by atoms with Crippen molar-refractivity contribution in [1.82, 2.24) is 4.72 Å². The van der Waals surface area contributed by atoms with E-state index < -0.39 is 10.0 Å². The maximum Gasteiger partial charge on any atom is 0.240 e. The van der Waals surface area contributed by atoms with Crippen LogP contribution in [0.1, 0.15) is 27.0 Å². The molecule has 1 N–H and O–H groups in total. The molecule has 1 aromatic heterocycles. The molecule has 0 unspecified atom stereocenters. The Labute approximate surface area is 122 Å². The molecule has 0 aliphatic rings. The number of carbonyl (C=O) groups is 1. The van der Waals surface area contributed by atoms with E-state index in [1.54, 1.807) is 11.3 Å². The first-order valence-electron chi connectivity index (χ1n) is 6.04. The molecule has 0 radical (unpaired) electrons. The van der Waals surface area contributed by atoms with Gasteiger partial charge in [-0.25, -0.2) is 13.1 Å². The fourth-order valence-corrected chi connectivity index (χ4v) is 3.63. The Morgan fingerprint density at radius 1 is 1.15 bits per heavy atom. The van der Waals surface area contributed by atoms with E-state index in [1.165, 1.54) is 31.2 Å². The van der Waals surface area contributed by atoms with Gasteiger partial charge in [-0.1, -0.05) is 12.1 Å². The Hall–Kier alpha value is -1.50. The first kappa shape index (κ1) is 14.9. The minimum Gasteiger partial charge on any atom is -0.295 e. The molecule has 0 fully saturated rings. The molecule has 6 heteroatoms. The van der Waals surface area contributed by atoms with Crippen LogP contribution in [0.3, 0.4) is 0 Å². The molecule has 2 rings (SSSR count). The summed E-state index contributed by atoms with van der Waals surface area (Å²) in [6.45, 7) is 3.69. The summed E-state index contributed by atoms with van der Waals surface area (Å²) in [5.41, 5.74) is 0.498. The van der Waals surface area contributed by atoms with Crippen molar-refractivity contribution in [1.29, 1.82) is 0 Å². The van der Waals surface area contributed by atoms with Crippen molar-refractivity contribution in [3.8, 4) is 0 Å². The van der Waals surface area contributed by atoms with Gasteiger partial charge in [-0.2, -0.15) is 0 Å². The number of Topliss-reactive ketones (excluding diaryl/α,β-unsaturated/α-hetero) is 1. The van der Waals surface area contributed by atoms with Crippen LogP contribution in [-0.2, 0) is 16.6 Å². The van der Waals surface area contributed by atoms with E-state index in [0.29, 0.717) is 5.56 Å². The van der Waals surface area contributed by atoms with E-state index in [0.717, 1.165) is 9.75 Å². The Balaban J connectivity index is 2.11. The number of hydrogen-bond acceptors (Lipinski definition) is 4. The van der Waals surface area contributed by atoms with Gasteiger partial charge >= 0.3 is 0 Å². The monoisotopic (exact) mass is 309 g/mol. The minimum atomic E-state index is -3.55. The molecular weight excluding hydrogens is 294 g/mol. The van der Waals surface area contributed by atoms with Crippen LogP contribution in [0, 0.1) is 6.92 Å². The van der Waals surface area contributed by atoms with Crippen molar-refractivity contribution in [2.75, 3.05) is 0 Å². The van der Waals surface area contributed by atoms with Gasteiger partial charge in [0.2, 0.25) is 10.0 Å². The molecule has 0 spiro atoms. The van der Waals surface area contributed by atoms with Crippen molar-refractivity contribution >= 4 is 27.1 Å². The van der Waals surface area contributed by atoms with Gasteiger partial charge in [0.15, 0.2) is 5.78 Å². The van der Waals surface area contributed by atoms with E-state index in [4.69, 9.17) is 0 Å². The number of benzene rings is 1. The number of thiophene rings is 1. The van der Waals surface area contributed by atoms with Crippen molar-refractivity contribution in [3.05, 3.63) is 51.7 Å². The lowest BCUT2D eigenvalue weighted by atomic mass is 10.2. The lowest BCUT2D eigenvalue weighted by Crippen LogP contribution is -2.22. The second-order valence-corrected chi connectivity index (χ2v) is 7.56. The SMILES string of the molecule is CC(=O)c1ccc(S(=O)(=O)NCc2ccc(C)s2)cc1. The summed E-state index contributed by atoms with van der Waals surface area (Å²) in [5.74, 6) is -0.0871. The van der Waals surface area contributed by atoms with Crippen LogP contribution < -0.4 is 4.72 Å². The van der Waals surface area contributed by atoms with Crippen molar-refractivity contribution in [3.63, 3.8) is 0 Å². The van der Waals surface area contributed by atoms with Crippen LogP contribution in [0.2, 0.25) is 0 Å². The summed E-state index contributed by atoms with van der Waals surface area (Å²) < 4.78 is 26.8. The Morgan fingerprint density at radius 3 is 2.30 bits per heavy atom. The van der Waals surface area contributed by atoms with Crippen molar-refractivity contribution in [2.24, 2.45) is 0 Å². The van der Waals surface area contributed by atoms with Crippen LogP contribution in [-0.4, -0.2) is 14.2 Å². The predicted octanol–water partition coefficient (Wildman–Crippen LogP) is 2.74. The Morgan fingerprint density at radius 2 is 1.80 bits per heavy atom. The molecule has 0 aliphatic carbocycles. The van der Waals surface area contributed by atoms with E-state index in [-0.39, 0.29) is 17.2 Å². The fourth-order valence-electron chi connectivity index (χ4n) is 1.70. The standard InChI is InChI=1S/C14H15NO3S2/c1-10-3-6-13(19-10)9-15-20(17,18)14-7-4-12(5-8-14)11(2)16/h3-8,15H,9H2,1-2H3. The lowest BCUT2D eigenvalue weighted by Gasteiger charge is -2.06. The van der Waals surface area contributed by atoms with Crippen LogP contribution in [0.15, 0.2) is 41.3 Å². The summed E-state index contributed by atoms with van der Waals surface area (Å²) >= 11 is 1.56.